The van der Waals surface area contributed by atoms with Crippen molar-refractivity contribution in [2.75, 3.05) is 0 Å². The Kier molecular flexibility index (Phi) is 5.25. The van der Waals surface area contributed by atoms with E-state index in [0.717, 1.165) is 22.4 Å². The SMILES string of the molecule is CCC(NS(=O)(=O)c1ccc(C)c(C)c1)c1ncc(-c2ccccc2)[nH]1. The molecule has 5 nitrogen and oxygen atoms in total. The van der Waals surface area contributed by atoms with Crippen molar-refractivity contribution in [1.82, 2.24) is 14.7 Å². The summed E-state index contributed by atoms with van der Waals surface area (Å²) in [6.45, 7) is 5.80. The Morgan fingerprint density at radius 2 is 1.81 bits per heavy atom. The molecule has 0 aliphatic carbocycles. The molecule has 0 amide bonds. The second-order valence-corrected chi connectivity index (χ2v) is 8.09. The van der Waals surface area contributed by atoms with E-state index in [1.807, 2.05) is 57.2 Å². The number of hydrogen-bond donors (Lipinski definition) is 2. The summed E-state index contributed by atoms with van der Waals surface area (Å²) in [5.74, 6) is 0.610. The molecule has 6 heteroatoms. The molecule has 0 bridgehead atoms. The van der Waals surface area contributed by atoms with Crippen LogP contribution in [0.3, 0.4) is 0 Å². The molecule has 1 atom stereocenters. The molecule has 3 rings (SSSR count). The fourth-order valence-corrected chi connectivity index (χ4v) is 4.12. The number of hydrogen-bond acceptors (Lipinski definition) is 3. The van der Waals surface area contributed by atoms with Crippen LogP contribution in [0.1, 0.15) is 36.3 Å². The van der Waals surface area contributed by atoms with Crippen LogP contribution in [-0.2, 0) is 10.0 Å². The molecule has 0 aliphatic heterocycles. The Bertz CT molecular complexity index is 995. The van der Waals surface area contributed by atoms with E-state index < -0.39 is 16.1 Å². The highest BCUT2D eigenvalue weighted by Gasteiger charge is 2.22. The third-order valence-electron chi connectivity index (χ3n) is 4.50. The van der Waals surface area contributed by atoms with Gasteiger partial charge in [0.25, 0.3) is 0 Å². The van der Waals surface area contributed by atoms with Gasteiger partial charge in [-0.05, 0) is 49.1 Å². The summed E-state index contributed by atoms with van der Waals surface area (Å²) in [4.78, 5) is 7.90. The fourth-order valence-electron chi connectivity index (χ4n) is 2.75. The minimum Gasteiger partial charge on any atom is -0.341 e. The Morgan fingerprint density at radius 1 is 1.08 bits per heavy atom. The summed E-state index contributed by atoms with van der Waals surface area (Å²) in [7, 11) is -3.62. The number of nitrogens with zero attached hydrogens (tertiary/aromatic N) is 1. The smallest absolute Gasteiger partial charge is 0.241 e. The van der Waals surface area contributed by atoms with E-state index in [-0.39, 0.29) is 4.90 Å². The van der Waals surface area contributed by atoms with E-state index in [1.54, 1.807) is 18.3 Å². The lowest BCUT2D eigenvalue weighted by molar-refractivity contribution is 0.539. The predicted molar refractivity (Wildman–Crippen MR) is 103 cm³/mol. The number of aromatic amines is 1. The van der Waals surface area contributed by atoms with Gasteiger partial charge in [-0.2, -0.15) is 0 Å². The molecule has 0 saturated heterocycles. The van der Waals surface area contributed by atoms with Gasteiger partial charge < -0.3 is 4.98 Å². The van der Waals surface area contributed by atoms with E-state index in [4.69, 9.17) is 0 Å². The Morgan fingerprint density at radius 3 is 2.46 bits per heavy atom. The minimum absolute atomic E-state index is 0.272. The van der Waals surface area contributed by atoms with Crippen LogP contribution >= 0.6 is 0 Å². The van der Waals surface area contributed by atoms with Crippen molar-refractivity contribution in [2.24, 2.45) is 0 Å². The van der Waals surface area contributed by atoms with Crippen LogP contribution in [0.4, 0.5) is 0 Å². The topological polar surface area (TPSA) is 74.8 Å². The van der Waals surface area contributed by atoms with E-state index in [0.29, 0.717) is 12.2 Å². The second kappa shape index (κ2) is 7.43. The first-order valence-electron chi connectivity index (χ1n) is 8.60. The van der Waals surface area contributed by atoms with Crippen LogP contribution in [0.15, 0.2) is 59.6 Å². The van der Waals surface area contributed by atoms with Crippen LogP contribution in [0.5, 0.6) is 0 Å². The quantitative estimate of drug-likeness (QED) is 0.686. The van der Waals surface area contributed by atoms with Crippen LogP contribution in [0, 0.1) is 13.8 Å². The predicted octanol–water partition coefficient (Wildman–Crippen LogP) is 4.12. The maximum atomic E-state index is 12.8. The highest BCUT2D eigenvalue weighted by atomic mass is 32.2. The molecule has 26 heavy (non-hydrogen) atoms. The standard InChI is InChI=1S/C20H23N3O2S/c1-4-18(20-21-13-19(22-20)16-8-6-5-7-9-16)23-26(24,25)17-11-10-14(2)15(3)12-17/h5-13,18,23H,4H2,1-3H3,(H,21,22). The summed E-state index contributed by atoms with van der Waals surface area (Å²) in [5.41, 5.74) is 3.89. The van der Waals surface area contributed by atoms with Crippen LogP contribution < -0.4 is 4.72 Å². The van der Waals surface area contributed by atoms with Gasteiger partial charge in [0.1, 0.15) is 5.82 Å². The van der Waals surface area contributed by atoms with Crippen molar-refractivity contribution in [3.8, 4) is 11.3 Å². The van der Waals surface area contributed by atoms with Gasteiger partial charge in [0.2, 0.25) is 10.0 Å². The van der Waals surface area contributed by atoms with Crippen molar-refractivity contribution < 1.29 is 8.42 Å². The van der Waals surface area contributed by atoms with Crippen molar-refractivity contribution >= 4 is 10.0 Å². The summed E-state index contributed by atoms with van der Waals surface area (Å²) >= 11 is 0. The molecular weight excluding hydrogens is 346 g/mol. The number of sulfonamides is 1. The number of aromatic nitrogens is 2. The Balaban J connectivity index is 1.85. The molecular formula is C20H23N3O2S. The van der Waals surface area contributed by atoms with Crippen molar-refractivity contribution in [3.05, 3.63) is 71.7 Å². The van der Waals surface area contributed by atoms with Crippen LogP contribution in [0.2, 0.25) is 0 Å². The van der Waals surface area contributed by atoms with Gasteiger partial charge in [-0.25, -0.2) is 18.1 Å². The summed E-state index contributed by atoms with van der Waals surface area (Å²) in [6.07, 6.45) is 2.32. The number of aryl methyl sites for hydroxylation is 2. The number of benzene rings is 2. The number of nitrogens with one attached hydrogen (secondary N) is 2. The minimum atomic E-state index is -3.62. The molecule has 2 aromatic carbocycles. The normalized spacial score (nSPS) is 12.9. The molecule has 1 unspecified atom stereocenters. The first-order chi connectivity index (χ1) is 12.4. The third kappa shape index (κ3) is 3.86. The molecule has 1 heterocycles. The zero-order chi connectivity index (χ0) is 18.7. The summed E-state index contributed by atoms with van der Waals surface area (Å²) < 4.78 is 28.3. The van der Waals surface area contributed by atoms with Crippen LogP contribution in [-0.4, -0.2) is 18.4 Å². The molecule has 136 valence electrons. The van der Waals surface area contributed by atoms with E-state index >= 15 is 0 Å². The van der Waals surface area contributed by atoms with E-state index in [1.165, 1.54) is 0 Å². The van der Waals surface area contributed by atoms with Gasteiger partial charge in [-0.15, -0.1) is 0 Å². The maximum Gasteiger partial charge on any atom is 0.241 e. The van der Waals surface area contributed by atoms with E-state index in [2.05, 4.69) is 14.7 Å². The van der Waals surface area contributed by atoms with E-state index in [9.17, 15) is 8.42 Å². The zero-order valence-electron chi connectivity index (χ0n) is 15.2. The molecule has 0 aliphatic rings. The first-order valence-corrected chi connectivity index (χ1v) is 10.1. The van der Waals surface area contributed by atoms with Gasteiger partial charge in [0.15, 0.2) is 0 Å². The highest BCUT2D eigenvalue weighted by Crippen LogP contribution is 2.23. The van der Waals surface area contributed by atoms with Crippen LogP contribution in [0.25, 0.3) is 11.3 Å². The van der Waals surface area contributed by atoms with Gasteiger partial charge in [-0.1, -0.05) is 43.3 Å². The lowest BCUT2D eigenvalue weighted by Gasteiger charge is -2.15. The zero-order valence-corrected chi connectivity index (χ0v) is 16.0. The van der Waals surface area contributed by atoms with Crippen molar-refractivity contribution in [3.63, 3.8) is 0 Å². The molecule has 2 N–H and O–H groups in total. The monoisotopic (exact) mass is 369 g/mol. The molecule has 0 spiro atoms. The molecule has 3 aromatic rings. The summed E-state index contributed by atoms with van der Waals surface area (Å²) in [6, 6.07) is 14.6. The van der Waals surface area contributed by atoms with Gasteiger partial charge in [0.05, 0.1) is 22.8 Å². The lowest BCUT2D eigenvalue weighted by Crippen LogP contribution is -2.29. The second-order valence-electron chi connectivity index (χ2n) is 6.38. The number of rotatable bonds is 6. The Labute approximate surface area is 154 Å². The molecule has 0 radical (unpaired) electrons. The molecule has 0 saturated carbocycles. The van der Waals surface area contributed by atoms with Gasteiger partial charge >= 0.3 is 0 Å². The average molecular weight is 369 g/mol. The molecule has 0 fully saturated rings. The van der Waals surface area contributed by atoms with Crippen molar-refractivity contribution in [1.29, 1.82) is 0 Å². The molecule has 1 aromatic heterocycles. The summed E-state index contributed by atoms with van der Waals surface area (Å²) in [5, 5.41) is 0. The number of imidazole rings is 1. The lowest BCUT2D eigenvalue weighted by atomic mass is 10.1. The van der Waals surface area contributed by atoms with Gasteiger partial charge in [0, 0.05) is 0 Å². The first kappa shape index (κ1) is 18.4. The number of H-pyrrole nitrogens is 1. The van der Waals surface area contributed by atoms with Gasteiger partial charge in [-0.3, -0.25) is 0 Å². The highest BCUT2D eigenvalue weighted by molar-refractivity contribution is 7.89. The average Bonchev–Trinajstić information content (AvgIpc) is 3.12. The maximum absolute atomic E-state index is 12.8. The van der Waals surface area contributed by atoms with Crippen molar-refractivity contribution in [2.45, 2.75) is 38.1 Å². The third-order valence-corrected chi connectivity index (χ3v) is 5.97. The fraction of sp³-hybridized carbons (Fsp3) is 0.250. The largest absolute Gasteiger partial charge is 0.341 e. The Hall–Kier alpha value is -2.44.